The van der Waals surface area contributed by atoms with E-state index in [0.29, 0.717) is 41.9 Å². The molecule has 0 spiro atoms. The number of esters is 1. The third-order valence-corrected chi connectivity index (χ3v) is 10.0. The molecule has 15 heteroatoms. The van der Waals surface area contributed by atoms with Gasteiger partial charge in [-0.15, -0.1) is 0 Å². The summed E-state index contributed by atoms with van der Waals surface area (Å²) >= 11 is 12.8. The summed E-state index contributed by atoms with van der Waals surface area (Å²) in [4.78, 5) is 61.4. The first-order chi connectivity index (χ1) is 24.9. The number of likely N-dealkylation sites (N-methyl/N-ethyl adjacent to an activating group) is 1. The van der Waals surface area contributed by atoms with Crippen LogP contribution in [0.1, 0.15) is 90.0 Å². The zero-order chi connectivity index (χ0) is 37.8. The number of unbranched alkanes of at least 4 members (excludes halogenated alkanes) is 5. The summed E-state index contributed by atoms with van der Waals surface area (Å²) in [6.45, 7) is 4.97. The van der Waals surface area contributed by atoms with Crippen LogP contribution in [-0.2, 0) is 25.7 Å². The van der Waals surface area contributed by atoms with Crippen molar-refractivity contribution in [2.24, 2.45) is 11.8 Å². The first kappa shape index (κ1) is 40.4. The first-order valence-electron chi connectivity index (χ1n) is 17.7. The lowest BCUT2D eigenvalue weighted by molar-refractivity contribution is -0.138. The van der Waals surface area contributed by atoms with E-state index >= 15 is 0 Å². The van der Waals surface area contributed by atoms with Crippen LogP contribution >= 0.6 is 23.2 Å². The van der Waals surface area contributed by atoms with E-state index in [1.807, 2.05) is 24.9 Å². The van der Waals surface area contributed by atoms with Crippen LogP contribution in [0.5, 0.6) is 5.75 Å². The molecule has 0 bridgehead atoms. The van der Waals surface area contributed by atoms with Gasteiger partial charge in [-0.25, -0.2) is 19.3 Å². The average molecular weight is 758 g/mol. The van der Waals surface area contributed by atoms with E-state index in [-0.39, 0.29) is 65.4 Å². The van der Waals surface area contributed by atoms with Crippen molar-refractivity contribution in [1.82, 2.24) is 19.4 Å². The number of likely N-dealkylation sites (tertiary alicyclic amines) is 1. The fourth-order valence-electron chi connectivity index (χ4n) is 6.52. The molecule has 13 nitrogen and oxygen atoms in total. The predicted molar refractivity (Wildman–Crippen MR) is 196 cm³/mol. The molecular formula is C37H46Cl2N6O7. The number of nitriles is 1. The number of amides is 1. The largest absolute Gasteiger partial charge is 0.481 e. The van der Waals surface area contributed by atoms with Crippen LogP contribution in [0.15, 0.2) is 30.7 Å². The van der Waals surface area contributed by atoms with E-state index in [9.17, 15) is 19.2 Å². The Hall–Kier alpha value is -4.41. The number of hydrogen-bond acceptors (Lipinski definition) is 10. The molecule has 3 heterocycles. The van der Waals surface area contributed by atoms with Crippen LogP contribution in [0.25, 0.3) is 11.0 Å². The maximum absolute atomic E-state index is 13.2. The van der Waals surface area contributed by atoms with Crippen molar-refractivity contribution >= 4 is 64.0 Å². The van der Waals surface area contributed by atoms with Gasteiger partial charge in [-0.3, -0.25) is 14.4 Å². The minimum atomic E-state index is -0.759. The number of ether oxygens (including phenoxy) is 2. The average Bonchev–Trinajstić information content (AvgIpc) is 3.54. The Labute approximate surface area is 313 Å². The molecular weight excluding hydrogens is 711 g/mol. The topological polar surface area (TPSA) is 168 Å². The highest BCUT2D eigenvalue weighted by atomic mass is 35.5. The normalized spacial score (nSPS) is 16.3. The lowest BCUT2D eigenvalue weighted by Crippen LogP contribution is -2.52. The number of benzene rings is 1. The third-order valence-electron chi connectivity index (χ3n) is 9.48. The second kappa shape index (κ2) is 19.4. The van der Waals surface area contributed by atoms with Crippen molar-refractivity contribution in [1.29, 1.82) is 5.26 Å². The standard InChI is InChI=1S/C37H46Cl2N6O7/c1-24(18-32(47)48)10-8-6-4-5-7-9-11-33(49)52-34-28(38)19-26(20-29(34)39)22-51-37(50)45-17-14-27-35(41-23-42-36(27)45)43(3)30-21-44(16-13-25(30)2)31(46)12-15-40/h14,17,19-20,23-25,30H,4-13,16,18,21-22H2,1-3H3,(H,47,48)/t24?,25-,30-/m1/s1. The molecule has 2 aromatic heterocycles. The summed E-state index contributed by atoms with van der Waals surface area (Å²) in [6, 6.07) is 6.66. The second-order valence-electron chi connectivity index (χ2n) is 13.5. The van der Waals surface area contributed by atoms with Gasteiger partial charge in [-0.05, 0) is 48.4 Å². The summed E-state index contributed by atoms with van der Waals surface area (Å²) in [6.07, 6.45) is 9.76. The minimum Gasteiger partial charge on any atom is -0.481 e. The van der Waals surface area contributed by atoms with Gasteiger partial charge in [0.25, 0.3) is 0 Å². The quantitative estimate of drug-likeness (QED) is 0.0816. The fraction of sp³-hybridized carbons (Fsp3) is 0.541. The number of carbonyl (C=O) groups is 4. The van der Waals surface area contributed by atoms with Crippen LogP contribution in [0.4, 0.5) is 10.6 Å². The van der Waals surface area contributed by atoms with Gasteiger partial charge in [0.15, 0.2) is 11.4 Å². The van der Waals surface area contributed by atoms with Crippen molar-refractivity contribution in [2.75, 3.05) is 25.0 Å². The molecule has 4 rings (SSSR count). The van der Waals surface area contributed by atoms with Crippen molar-refractivity contribution in [3.63, 3.8) is 0 Å². The molecule has 280 valence electrons. The van der Waals surface area contributed by atoms with E-state index in [4.69, 9.17) is 43.0 Å². The number of nitrogens with zero attached hydrogens (tertiary/aromatic N) is 6. The Bertz CT molecular complexity index is 1750. The molecule has 1 N–H and O–H groups in total. The highest BCUT2D eigenvalue weighted by Crippen LogP contribution is 2.35. The van der Waals surface area contributed by atoms with E-state index in [1.54, 1.807) is 17.2 Å². The van der Waals surface area contributed by atoms with Crippen LogP contribution < -0.4 is 9.64 Å². The number of aliphatic carboxylic acids is 1. The number of piperidine rings is 1. The SMILES string of the molecule is CC(CCCCCCCCC(=O)Oc1c(Cl)cc(COC(=O)n2ccc3c(N(C)[C@@H]4CN(C(=O)CC#N)CC[C@H]4C)ncnc32)cc1Cl)CC(=O)O. The van der Waals surface area contributed by atoms with Gasteiger partial charge in [0.05, 0.1) is 27.5 Å². The Balaban J connectivity index is 1.27. The molecule has 1 unspecified atom stereocenters. The zero-order valence-corrected chi connectivity index (χ0v) is 31.4. The maximum atomic E-state index is 13.2. The van der Waals surface area contributed by atoms with E-state index in [1.165, 1.54) is 23.0 Å². The molecule has 0 radical (unpaired) electrons. The lowest BCUT2D eigenvalue weighted by Gasteiger charge is -2.42. The number of anilines is 1. The van der Waals surface area contributed by atoms with Crippen LogP contribution in [0.3, 0.4) is 0 Å². The van der Waals surface area contributed by atoms with Crippen LogP contribution in [0.2, 0.25) is 10.0 Å². The molecule has 0 saturated carbocycles. The van der Waals surface area contributed by atoms with Crippen molar-refractivity contribution in [3.05, 3.63) is 46.3 Å². The summed E-state index contributed by atoms with van der Waals surface area (Å²) in [5.74, 6) is -0.314. The van der Waals surface area contributed by atoms with Gasteiger partial charge >= 0.3 is 18.0 Å². The van der Waals surface area contributed by atoms with Crippen LogP contribution in [-0.4, -0.2) is 74.7 Å². The van der Waals surface area contributed by atoms with Crippen LogP contribution in [0, 0.1) is 23.2 Å². The molecule has 1 fully saturated rings. The smallest absolute Gasteiger partial charge is 0.420 e. The fourth-order valence-corrected chi connectivity index (χ4v) is 7.13. The number of carboxylic acid groups (broad SMARTS) is 1. The van der Waals surface area contributed by atoms with Gasteiger partial charge in [-0.2, -0.15) is 5.26 Å². The first-order valence-corrected chi connectivity index (χ1v) is 18.4. The summed E-state index contributed by atoms with van der Waals surface area (Å²) < 4.78 is 12.3. The second-order valence-corrected chi connectivity index (χ2v) is 14.3. The summed E-state index contributed by atoms with van der Waals surface area (Å²) in [5.41, 5.74) is 0.845. The molecule has 1 saturated heterocycles. The van der Waals surface area contributed by atoms with Crippen molar-refractivity contribution in [2.45, 2.75) is 97.1 Å². The maximum Gasteiger partial charge on any atom is 0.420 e. The molecule has 1 aliphatic heterocycles. The Kier molecular flexibility index (Phi) is 15.1. The van der Waals surface area contributed by atoms with E-state index in [2.05, 4.69) is 16.9 Å². The number of carboxylic acids is 1. The highest BCUT2D eigenvalue weighted by molar-refractivity contribution is 6.37. The van der Waals surface area contributed by atoms with E-state index < -0.39 is 18.0 Å². The summed E-state index contributed by atoms with van der Waals surface area (Å²) in [7, 11) is 1.89. The van der Waals surface area contributed by atoms with Gasteiger partial charge in [0, 0.05) is 39.2 Å². The lowest BCUT2D eigenvalue weighted by atomic mass is 9.92. The highest BCUT2D eigenvalue weighted by Gasteiger charge is 2.33. The summed E-state index contributed by atoms with van der Waals surface area (Å²) in [5, 5.41) is 18.7. The minimum absolute atomic E-state index is 0.0495. The molecule has 52 heavy (non-hydrogen) atoms. The van der Waals surface area contributed by atoms with Gasteiger partial charge in [0.2, 0.25) is 5.91 Å². The zero-order valence-electron chi connectivity index (χ0n) is 29.9. The molecule has 1 amide bonds. The number of aromatic nitrogens is 3. The monoisotopic (exact) mass is 756 g/mol. The molecule has 0 aliphatic carbocycles. The van der Waals surface area contributed by atoms with E-state index in [0.717, 1.165) is 44.9 Å². The molecule has 3 atom stereocenters. The molecule has 1 aliphatic rings. The van der Waals surface area contributed by atoms with Crippen molar-refractivity contribution < 1.29 is 33.8 Å². The number of rotatable bonds is 17. The number of carbonyl (C=O) groups excluding carboxylic acids is 3. The van der Waals surface area contributed by atoms with Crippen molar-refractivity contribution in [3.8, 4) is 11.8 Å². The Morgan fingerprint density at radius 3 is 2.48 bits per heavy atom. The molecule has 1 aromatic carbocycles. The molecule has 3 aromatic rings. The Morgan fingerprint density at radius 2 is 1.79 bits per heavy atom. The predicted octanol–water partition coefficient (Wildman–Crippen LogP) is 7.65. The van der Waals surface area contributed by atoms with Gasteiger partial charge in [0.1, 0.15) is 25.2 Å². The third kappa shape index (κ3) is 11.0. The van der Waals surface area contributed by atoms with Gasteiger partial charge < -0.3 is 24.4 Å². The number of halogens is 2. The van der Waals surface area contributed by atoms with Gasteiger partial charge in [-0.1, -0.05) is 75.6 Å². The number of hydrogen-bond donors (Lipinski definition) is 1. The Morgan fingerprint density at radius 1 is 1.10 bits per heavy atom. The number of fused-ring (bicyclic) bond motifs is 1.